The van der Waals surface area contributed by atoms with Crippen LogP contribution in [0.1, 0.15) is 46.5 Å². The molecule has 0 saturated carbocycles. The molecule has 0 bridgehead atoms. The van der Waals surface area contributed by atoms with Gasteiger partial charge in [-0.25, -0.2) is 4.79 Å². The third-order valence-electron chi connectivity index (χ3n) is 3.03. The Morgan fingerprint density at radius 2 is 2.11 bits per heavy atom. The van der Waals surface area contributed by atoms with E-state index in [0.29, 0.717) is 12.8 Å². The van der Waals surface area contributed by atoms with Gasteiger partial charge in [0.05, 0.1) is 0 Å². The van der Waals surface area contributed by atoms with Gasteiger partial charge >= 0.3 is 5.97 Å². The number of carbonyl (C=O) groups excluding carboxylic acids is 2. The molecule has 1 atom stereocenters. The third kappa shape index (κ3) is 6.22. The van der Waals surface area contributed by atoms with Crippen LogP contribution in [0.15, 0.2) is 23.3 Å². The van der Waals surface area contributed by atoms with Crippen molar-refractivity contribution in [2.75, 3.05) is 6.61 Å². The van der Waals surface area contributed by atoms with Gasteiger partial charge in [-0.1, -0.05) is 17.2 Å². The second-order valence-corrected chi connectivity index (χ2v) is 5.16. The lowest BCUT2D eigenvalue weighted by Gasteiger charge is -2.08. The Labute approximate surface area is 114 Å². The first-order valence-electron chi connectivity index (χ1n) is 6.74. The number of carbonyl (C=O) groups is 2. The van der Waals surface area contributed by atoms with Crippen molar-refractivity contribution in [2.24, 2.45) is 0 Å². The second kappa shape index (κ2) is 7.77. The molecule has 1 N–H and O–H groups in total. The molecule has 1 heterocycles. The zero-order valence-electron chi connectivity index (χ0n) is 12.0. The van der Waals surface area contributed by atoms with Crippen molar-refractivity contribution < 1.29 is 14.3 Å². The smallest absolute Gasteiger partial charge is 0.328 e. The van der Waals surface area contributed by atoms with Crippen molar-refractivity contribution in [3.63, 3.8) is 0 Å². The molecule has 4 heteroatoms. The summed E-state index contributed by atoms with van der Waals surface area (Å²) >= 11 is 0. The van der Waals surface area contributed by atoms with E-state index in [1.54, 1.807) is 0 Å². The second-order valence-electron chi connectivity index (χ2n) is 5.16. The Morgan fingerprint density at radius 3 is 2.68 bits per heavy atom. The van der Waals surface area contributed by atoms with Crippen LogP contribution in [0.4, 0.5) is 0 Å². The lowest BCUT2D eigenvalue weighted by Crippen LogP contribution is -2.34. The largest absolute Gasteiger partial charge is 0.460 e. The van der Waals surface area contributed by atoms with Crippen LogP contribution in [-0.2, 0) is 14.3 Å². The summed E-state index contributed by atoms with van der Waals surface area (Å²) in [6, 6.07) is -0.452. The van der Waals surface area contributed by atoms with E-state index in [1.165, 1.54) is 11.1 Å². The van der Waals surface area contributed by atoms with E-state index in [4.69, 9.17) is 4.74 Å². The fourth-order valence-electron chi connectivity index (χ4n) is 1.85. The number of rotatable bonds is 6. The number of ether oxygens (including phenoxy) is 1. The van der Waals surface area contributed by atoms with Gasteiger partial charge in [0.1, 0.15) is 12.6 Å². The standard InChI is InChI=1S/C15H23NO3/c1-11(2)5-4-6-12(3)9-10-19-15(18)13-7-8-14(17)16-13/h5,9,13H,4,6-8,10H2,1-3H3,(H,16,17)/t13-/m0/s1. The van der Waals surface area contributed by atoms with E-state index in [1.807, 2.05) is 13.0 Å². The van der Waals surface area contributed by atoms with Gasteiger partial charge in [0.25, 0.3) is 0 Å². The first-order valence-corrected chi connectivity index (χ1v) is 6.74. The Morgan fingerprint density at radius 1 is 1.37 bits per heavy atom. The molecule has 4 nitrogen and oxygen atoms in total. The summed E-state index contributed by atoms with van der Waals surface area (Å²) in [6.45, 7) is 6.48. The lowest BCUT2D eigenvalue weighted by atomic mass is 10.1. The van der Waals surface area contributed by atoms with Gasteiger partial charge in [0, 0.05) is 6.42 Å². The van der Waals surface area contributed by atoms with E-state index < -0.39 is 6.04 Å². The summed E-state index contributed by atoms with van der Waals surface area (Å²) in [4.78, 5) is 22.6. The maximum absolute atomic E-state index is 11.6. The first kappa shape index (κ1) is 15.5. The van der Waals surface area contributed by atoms with E-state index in [9.17, 15) is 9.59 Å². The molecule has 0 unspecified atom stereocenters. The molecule has 19 heavy (non-hydrogen) atoms. The minimum absolute atomic E-state index is 0.0737. The van der Waals surface area contributed by atoms with Crippen molar-refractivity contribution in [1.82, 2.24) is 5.32 Å². The van der Waals surface area contributed by atoms with Gasteiger partial charge < -0.3 is 10.1 Å². The predicted molar refractivity (Wildman–Crippen MR) is 74.5 cm³/mol. The predicted octanol–water partition coefficient (Wildman–Crippen LogP) is 2.50. The normalized spacial score (nSPS) is 19.0. The maximum Gasteiger partial charge on any atom is 0.328 e. The monoisotopic (exact) mass is 265 g/mol. The lowest BCUT2D eigenvalue weighted by molar-refractivity contribution is -0.145. The van der Waals surface area contributed by atoms with Crippen LogP contribution >= 0.6 is 0 Å². The molecule has 0 spiro atoms. The molecule has 0 radical (unpaired) electrons. The summed E-state index contributed by atoms with van der Waals surface area (Å²) < 4.78 is 5.13. The Bertz CT molecular complexity index is 392. The average molecular weight is 265 g/mol. The van der Waals surface area contributed by atoms with Crippen LogP contribution in [0, 0.1) is 0 Å². The van der Waals surface area contributed by atoms with Crippen LogP contribution in [-0.4, -0.2) is 24.5 Å². The zero-order chi connectivity index (χ0) is 14.3. The molecule has 1 rings (SSSR count). The SMILES string of the molecule is CC(C)=CCCC(C)=CCOC(=O)[C@@H]1CCC(=O)N1. The molecule has 0 aliphatic carbocycles. The summed E-state index contributed by atoms with van der Waals surface area (Å²) in [6.07, 6.45) is 7.06. The molecule has 1 fully saturated rings. The fraction of sp³-hybridized carbons (Fsp3) is 0.600. The molecule has 106 valence electrons. The van der Waals surface area contributed by atoms with Crippen molar-refractivity contribution in [1.29, 1.82) is 0 Å². The van der Waals surface area contributed by atoms with Crippen LogP contribution in [0.5, 0.6) is 0 Å². The summed E-state index contributed by atoms with van der Waals surface area (Å²) in [5, 5.41) is 2.60. The highest BCUT2D eigenvalue weighted by molar-refractivity contribution is 5.88. The zero-order valence-corrected chi connectivity index (χ0v) is 12.0. The number of amides is 1. The Balaban J connectivity index is 2.23. The molecular formula is C15H23NO3. The third-order valence-corrected chi connectivity index (χ3v) is 3.03. The van der Waals surface area contributed by atoms with E-state index in [2.05, 4.69) is 25.2 Å². The Hall–Kier alpha value is -1.58. The van der Waals surface area contributed by atoms with Crippen molar-refractivity contribution in [2.45, 2.75) is 52.5 Å². The number of hydrogen-bond donors (Lipinski definition) is 1. The molecule has 0 aromatic carbocycles. The number of hydrogen-bond acceptors (Lipinski definition) is 3. The molecule has 0 aromatic heterocycles. The maximum atomic E-state index is 11.6. The van der Waals surface area contributed by atoms with E-state index in [-0.39, 0.29) is 18.5 Å². The van der Waals surface area contributed by atoms with Crippen molar-refractivity contribution >= 4 is 11.9 Å². The summed E-state index contributed by atoms with van der Waals surface area (Å²) in [7, 11) is 0. The van der Waals surface area contributed by atoms with Gasteiger partial charge in [0.2, 0.25) is 5.91 Å². The summed E-state index contributed by atoms with van der Waals surface area (Å²) in [5.41, 5.74) is 2.52. The van der Waals surface area contributed by atoms with E-state index >= 15 is 0 Å². The molecular weight excluding hydrogens is 242 g/mol. The summed E-state index contributed by atoms with van der Waals surface area (Å²) in [5.74, 6) is -0.408. The Kier molecular flexibility index (Phi) is 6.33. The van der Waals surface area contributed by atoms with Gasteiger partial charge in [-0.3, -0.25) is 4.79 Å². The van der Waals surface area contributed by atoms with Crippen LogP contribution < -0.4 is 5.32 Å². The molecule has 1 amide bonds. The fourth-order valence-corrected chi connectivity index (χ4v) is 1.85. The highest BCUT2D eigenvalue weighted by atomic mass is 16.5. The highest BCUT2D eigenvalue weighted by Gasteiger charge is 2.28. The quantitative estimate of drug-likeness (QED) is 0.593. The topological polar surface area (TPSA) is 55.4 Å². The molecule has 0 aromatic rings. The van der Waals surface area contributed by atoms with Crippen molar-refractivity contribution in [3.05, 3.63) is 23.3 Å². The van der Waals surface area contributed by atoms with Crippen molar-refractivity contribution in [3.8, 4) is 0 Å². The highest BCUT2D eigenvalue weighted by Crippen LogP contribution is 2.09. The minimum Gasteiger partial charge on any atom is -0.460 e. The van der Waals surface area contributed by atoms with Crippen LogP contribution in [0.2, 0.25) is 0 Å². The average Bonchev–Trinajstić information content (AvgIpc) is 2.75. The molecule has 1 saturated heterocycles. The van der Waals surface area contributed by atoms with Crippen LogP contribution in [0.25, 0.3) is 0 Å². The molecule has 1 aliphatic rings. The number of nitrogens with one attached hydrogen (secondary N) is 1. The van der Waals surface area contributed by atoms with Gasteiger partial charge in [0.15, 0.2) is 0 Å². The van der Waals surface area contributed by atoms with Gasteiger partial charge in [-0.15, -0.1) is 0 Å². The number of allylic oxidation sites excluding steroid dienone is 3. The van der Waals surface area contributed by atoms with Crippen LogP contribution in [0.3, 0.4) is 0 Å². The van der Waals surface area contributed by atoms with E-state index in [0.717, 1.165) is 12.8 Å². The number of esters is 1. The van der Waals surface area contributed by atoms with Gasteiger partial charge in [-0.05, 0) is 46.1 Å². The minimum atomic E-state index is -0.452. The van der Waals surface area contributed by atoms with Gasteiger partial charge in [-0.2, -0.15) is 0 Å². The molecule has 1 aliphatic heterocycles. The first-order chi connectivity index (χ1) is 8.99.